The summed E-state index contributed by atoms with van der Waals surface area (Å²) < 4.78 is 6.29. The van der Waals surface area contributed by atoms with Crippen molar-refractivity contribution in [1.29, 1.82) is 0 Å². The van der Waals surface area contributed by atoms with Crippen molar-refractivity contribution in [2.24, 2.45) is 23.7 Å². The van der Waals surface area contributed by atoms with Crippen molar-refractivity contribution in [2.45, 2.75) is 37.5 Å². The van der Waals surface area contributed by atoms with Crippen LogP contribution in [0.15, 0.2) is 132 Å². The van der Waals surface area contributed by atoms with Gasteiger partial charge in [0, 0.05) is 32.9 Å². The highest BCUT2D eigenvalue weighted by Crippen LogP contribution is 2.69. The fourth-order valence-electron chi connectivity index (χ4n) is 11.3. The average Bonchev–Trinajstić information content (AvgIpc) is 3.69. The van der Waals surface area contributed by atoms with E-state index in [1.54, 1.807) is 5.56 Å². The topological polar surface area (TPSA) is 51.8 Å². The lowest BCUT2D eigenvalue weighted by Crippen LogP contribution is -2.55. The van der Waals surface area contributed by atoms with Crippen LogP contribution in [-0.4, -0.2) is 15.0 Å². The normalized spacial score (nSPS) is 24.2. The molecule has 0 unspecified atom stereocenters. The monoisotopic (exact) mass is 657 g/mol. The second-order valence-electron chi connectivity index (χ2n) is 15.6. The van der Waals surface area contributed by atoms with Gasteiger partial charge in [0.25, 0.3) is 0 Å². The molecule has 2 aromatic heterocycles. The van der Waals surface area contributed by atoms with Crippen LogP contribution in [0.1, 0.15) is 43.2 Å². The lowest BCUT2D eigenvalue weighted by molar-refractivity contribution is -0.0398. The number of nitrogens with zero attached hydrogens (tertiary/aromatic N) is 3. The van der Waals surface area contributed by atoms with Crippen LogP contribution in [0.5, 0.6) is 0 Å². The number of hydrogen-bond donors (Lipinski definition) is 0. The summed E-state index contributed by atoms with van der Waals surface area (Å²) in [6.45, 7) is 0. The molecule has 0 N–H and O–H groups in total. The molecule has 13 rings (SSSR count). The van der Waals surface area contributed by atoms with E-state index in [4.69, 9.17) is 19.4 Å². The van der Waals surface area contributed by atoms with Gasteiger partial charge in [0.15, 0.2) is 17.5 Å². The molecule has 2 heterocycles. The van der Waals surface area contributed by atoms with Gasteiger partial charge in [-0.25, -0.2) is 15.0 Å². The van der Waals surface area contributed by atoms with Crippen molar-refractivity contribution in [3.8, 4) is 45.3 Å². The highest BCUT2D eigenvalue weighted by molar-refractivity contribution is 6.11. The molecule has 4 nitrogen and oxygen atoms in total. The molecule has 1 spiro atoms. The third-order valence-electron chi connectivity index (χ3n) is 13.1. The van der Waals surface area contributed by atoms with Gasteiger partial charge < -0.3 is 4.42 Å². The molecule has 4 fully saturated rings. The van der Waals surface area contributed by atoms with Gasteiger partial charge in [-0.05, 0) is 119 Å². The first-order valence-electron chi connectivity index (χ1n) is 18.6. The predicted octanol–water partition coefficient (Wildman–Crippen LogP) is 11.6. The second kappa shape index (κ2) is 10.2. The number of rotatable bonds is 3. The summed E-state index contributed by atoms with van der Waals surface area (Å²) in [6.07, 6.45) is 6.83. The Morgan fingerprint density at radius 2 is 1.12 bits per heavy atom. The summed E-state index contributed by atoms with van der Waals surface area (Å²) in [6, 6.07) is 45.8. The van der Waals surface area contributed by atoms with Crippen LogP contribution >= 0.6 is 0 Å². The second-order valence-corrected chi connectivity index (χ2v) is 15.6. The predicted molar refractivity (Wildman–Crippen MR) is 204 cm³/mol. The molecule has 0 radical (unpaired) electrons. The zero-order chi connectivity index (χ0) is 33.3. The molecule has 4 heteroatoms. The number of hydrogen-bond acceptors (Lipinski definition) is 4. The lowest BCUT2D eigenvalue weighted by atomic mass is 9.43. The minimum Gasteiger partial charge on any atom is -0.456 e. The van der Waals surface area contributed by atoms with E-state index in [0.717, 1.165) is 50.5 Å². The molecule has 0 amide bonds. The zero-order valence-corrected chi connectivity index (χ0v) is 28.2. The Labute approximate surface area is 296 Å². The number of aromatic nitrogens is 3. The van der Waals surface area contributed by atoms with Gasteiger partial charge in [-0.2, -0.15) is 0 Å². The van der Waals surface area contributed by atoms with Crippen LogP contribution in [0.25, 0.3) is 78.0 Å². The van der Waals surface area contributed by atoms with Crippen molar-refractivity contribution < 1.29 is 4.42 Å². The minimum atomic E-state index is 0.0392. The Kier molecular flexibility index (Phi) is 5.64. The van der Waals surface area contributed by atoms with E-state index < -0.39 is 0 Å². The van der Waals surface area contributed by atoms with E-state index in [1.807, 2.05) is 30.3 Å². The van der Waals surface area contributed by atoms with Crippen molar-refractivity contribution in [1.82, 2.24) is 15.0 Å². The SMILES string of the molecule is c1ccc(-c2nc(-c3ccc4c(c3)C3(c5cc6ccccc6cc5-4)C4CC5CC(C4)CC3C5)nc(-c3cccc4oc5ccccc5c34)n2)cc1. The minimum absolute atomic E-state index is 0.0392. The van der Waals surface area contributed by atoms with Gasteiger partial charge in [-0.3, -0.25) is 0 Å². The molecule has 6 aromatic carbocycles. The van der Waals surface area contributed by atoms with Crippen molar-refractivity contribution in [2.75, 3.05) is 0 Å². The fourth-order valence-corrected chi connectivity index (χ4v) is 11.3. The molecule has 0 saturated heterocycles. The van der Waals surface area contributed by atoms with Gasteiger partial charge in [-0.15, -0.1) is 0 Å². The first kappa shape index (κ1) is 28.1. The summed E-state index contributed by atoms with van der Waals surface area (Å²) in [5.41, 5.74) is 10.6. The maximum atomic E-state index is 6.29. The Hall–Kier alpha value is -5.61. The molecule has 4 saturated carbocycles. The van der Waals surface area contributed by atoms with Gasteiger partial charge in [0.1, 0.15) is 11.2 Å². The van der Waals surface area contributed by atoms with Gasteiger partial charge in [0.05, 0.1) is 0 Å². The van der Waals surface area contributed by atoms with Crippen LogP contribution < -0.4 is 0 Å². The average molecular weight is 658 g/mol. The molecule has 5 aliphatic carbocycles. The molecule has 51 heavy (non-hydrogen) atoms. The van der Waals surface area contributed by atoms with E-state index in [2.05, 4.69) is 97.1 Å². The first-order valence-corrected chi connectivity index (χ1v) is 18.6. The third kappa shape index (κ3) is 3.88. The molecular weight excluding hydrogens is 623 g/mol. The molecule has 0 atom stereocenters. The first-order chi connectivity index (χ1) is 25.2. The Morgan fingerprint density at radius 3 is 1.92 bits per heavy atom. The zero-order valence-electron chi connectivity index (χ0n) is 28.2. The van der Waals surface area contributed by atoms with Crippen LogP contribution in [-0.2, 0) is 5.41 Å². The molecule has 244 valence electrons. The van der Waals surface area contributed by atoms with Crippen LogP contribution in [0.2, 0.25) is 0 Å². The number of fused-ring (bicyclic) bond motifs is 7. The van der Waals surface area contributed by atoms with Crippen molar-refractivity contribution in [3.05, 3.63) is 139 Å². The van der Waals surface area contributed by atoms with Crippen molar-refractivity contribution >= 4 is 32.7 Å². The van der Waals surface area contributed by atoms with Gasteiger partial charge in [0.2, 0.25) is 0 Å². The van der Waals surface area contributed by atoms with Gasteiger partial charge >= 0.3 is 0 Å². The molecule has 4 bridgehead atoms. The van der Waals surface area contributed by atoms with E-state index >= 15 is 0 Å². The molecule has 0 aliphatic heterocycles. The van der Waals surface area contributed by atoms with E-state index in [9.17, 15) is 0 Å². The van der Waals surface area contributed by atoms with Crippen LogP contribution in [0, 0.1) is 23.7 Å². The number of benzene rings is 6. The highest BCUT2D eigenvalue weighted by atomic mass is 16.3. The summed E-state index contributed by atoms with van der Waals surface area (Å²) in [5.74, 6) is 5.17. The van der Waals surface area contributed by atoms with E-state index in [0.29, 0.717) is 29.3 Å². The Balaban J connectivity index is 1.10. The van der Waals surface area contributed by atoms with Crippen molar-refractivity contribution in [3.63, 3.8) is 0 Å². The van der Waals surface area contributed by atoms with E-state index in [1.165, 1.54) is 59.6 Å². The molecule has 8 aromatic rings. The fraction of sp³-hybridized carbons (Fsp3) is 0.213. The molecule has 5 aliphatic rings. The Morgan fingerprint density at radius 1 is 0.471 bits per heavy atom. The summed E-state index contributed by atoms with van der Waals surface area (Å²) in [5, 5.41) is 4.78. The summed E-state index contributed by atoms with van der Waals surface area (Å²) >= 11 is 0. The van der Waals surface area contributed by atoms with Crippen LogP contribution in [0.3, 0.4) is 0 Å². The largest absolute Gasteiger partial charge is 0.456 e. The maximum absolute atomic E-state index is 6.29. The molecular formula is C47H35N3O. The quantitative estimate of drug-likeness (QED) is 0.190. The highest BCUT2D eigenvalue weighted by Gasteiger charge is 2.61. The van der Waals surface area contributed by atoms with E-state index in [-0.39, 0.29) is 5.41 Å². The standard InChI is InChI=1S/C47H35N3O/c1-2-9-29(10-3-1)44-48-45(50-46(49-44)37-14-8-16-42-43(37)36-13-6-7-15-41(36)51-42)32-17-18-35-38-24-30-11-4-5-12-31(30)25-40(38)47(39(35)26-32)33-20-27-19-28(22-33)23-34(47)21-27/h1-18,24-28,33-34H,19-23H2. The summed E-state index contributed by atoms with van der Waals surface area (Å²) in [4.78, 5) is 15.7. The number of furan rings is 1. The Bertz CT molecular complexity index is 2700. The summed E-state index contributed by atoms with van der Waals surface area (Å²) in [7, 11) is 0. The van der Waals surface area contributed by atoms with Gasteiger partial charge in [-0.1, -0.05) is 97.1 Å². The smallest absolute Gasteiger partial charge is 0.164 e. The maximum Gasteiger partial charge on any atom is 0.164 e. The third-order valence-corrected chi connectivity index (χ3v) is 13.1. The van der Waals surface area contributed by atoms with Crippen LogP contribution in [0.4, 0.5) is 0 Å². The number of para-hydroxylation sites is 1. The lowest BCUT2D eigenvalue weighted by Gasteiger charge is -2.61.